The highest BCUT2D eigenvalue weighted by Gasteiger charge is 2.33. The molecule has 0 amide bonds. The van der Waals surface area contributed by atoms with Gasteiger partial charge in [-0.05, 0) is 18.9 Å². The Morgan fingerprint density at radius 1 is 1.37 bits per heavy atom. The minimum Gasteiger partial charge on any atom is -0.489 e. The standard InChI is InChI=1S/C15H18BO3/c1-16-11-4-5-14-12(7-11)13(17)8-15(19-14)10-3-2-6-18-9-10/h4-5,7,10,15H,2-3,6,8-9H2,1H3. The second kappa shape index (κ2) is 5.37. The van der Waals surface area contributed by atoms with Gasteiger partial charge >= 0.3 is 0 Å². The Bertz CT molecular complexity index is 480. The molecule has 0 bridgehead atoms. The normalized spacial score (nSPS) is 26.5. The van der Waals surface area contributed by atoms with Crippen LogP contribution in [0.1, 0.15) is 29.6 Å². The lowest BCUT2D eigenvalue weighted by atomic mass is 9.72. The van der Waals surface area contributed by atoms with Gasteiger partial charge in [0.15, 0.2) is 5.78 Å². The van der Waals surface area contributed by atoms with Crippen LogP contribution in [0.2, 0.25) is 6.82 Å². The lowest BCUT2D eigenvalue weighted by molar-refractivity contribution is -0.00362. The molecular formula is C15H18BO3. The van der Waals surface area contributed by atoms with Crippen molar-refractivity contribution < 1.29 is 14.3 Å². The summed E-state index contributed by atoms with van der Waals surface area (Å²) in [5, 5.41) is 0. The Kier molecular flexibility index (Phi) is 3.60. The maximum atomic E-state index is 12.3. The molecular weight excluding hydrogens is 239 g/mol. The Hall–Kier alpha value is -1.29. The summed E-state index contributed by atoms with van der Waals surface area (Å²) in [7, 11) is 1.99. The molecule has 1 fully saturated rings. The van der Waals surface area contributed by atoms with Crippen molar-refractivity contribution in [3.05, 3.63) is 23.8 Å². The van der Waals surface area contributed by atoms with E-state index in [0.717, 1.165) is 36.2 Å². The number of Topliss-reactive ketones (excluding diaryl/α,β-unsaturated/α-hetero) is 1. The lowest BCUT2D eigenvalue weighted by Gasteiger charge is -2.33. The smallest absolute Gasteiger partial charge is 0.170 e. The van der Waals surface area contributed by atoms with Gasteiger partial charge in [0.25, 0.3) is 0 Å². The van der Waals surface area contributed by atoms with E-state index in [1.165, 1.54) is 0 Å². The molecule has 3 rings (SSSR count). The van der Waals surface area contributed by atoms with Crippen LogP contribution in [0.4, 0.5) is 0 Å². The van der Waals surface area contributed by atoms with Gasteiger partial charge in [-0.25, -0.2) is 0 Å². The summed E-state index contributed by atoms with van der Waals surface area (Å²) in [4.78, 5) is 12.3. The van der Waals surface area contributed by atoms with Crippen molar-refractivity contribution in [1.29, 1.82) is 0 Å². The minimum absolute atomic E-state index is 0.0169. The van der Waals surface area contributed by atoms with Crippen molar-refractivity contribution >= 4 is 18.5 Å². The first-order valence-corrected chi connectivity index (χ1v) is 6.99. The van der Waals surface area contributed by atoms with Crippen LogP contribution >= 0.6 is 0 Å². The number of ketones is 1. The molecule has 0 aromatic heterocycles. The van der Waals surface area contributed by atoms with E-state index in [2.05, 4.69) is 0 Å². The molecule has 2 unspecified atom stereocenters. The molecule has 1 aromatic carbocycles. The van der Waals surface area contributed by atoms with Crippen LogP contribution in [0.25, 0.3) is 0 Å². The molecule has 0 aliphatic carbocycles. The fourth-order valence-corrected chi connectivity index (χ4v) is 2.87. The third kappa shape index (κ3) is 2.54. The summed E-state index contributed by atoms with van der Waals surface area (Å²) in [5.74, 6) is 1.28. The van der Waals surface area contributed by atoms with E-state index in [1.54, 1.807) is 0 Å². The summed E-state index contributed by atoms with van der Waals surface area (Å²) in [6.07, 6.45) is 2.62. The first-order valence-electron chi connectivity index (χ1n) is 6.99. The van der Waals surface area contributed by atoms with Crippen LogP contribution < -0.4 is 10.2 Å². The molecule has 2 aliphatic rings. The molecule has 1 aromatic rings. The van der Waals surface area contributed by atoms with Crippen LogP contribution in [0.5, 0.6) is 5.75 Å². The number of benzene rings is 1. The average molecular weight is 257 g/mol. The Morgan fingerprint density at radius 2 is 2.26 bits per heavy atom. The number of hydrogen-bond acceptors (Lipinski definition) is 3. The van der Waals surface area contributed by atoms with Gasteiger partial charge in [0.2, 0.25) is 0 Å². The highest BCUT2D eigenvalue weighted by Crippen LogP contribution is 2.32. The number of rotatable bonds is 2. The molecule has 1 saturated heterocycles. The maximum Gasteiger partial charge on any atom is 0.170 e. The highest BCUT2D eigenvalue weighted by molar-refractivity contribution is 6.52. The van der Waals surface area contributed by atoms with Crippen molar-refractivity contribution in [3.8, 4) is 5.75 Å². The number of carbonyl (C=O) groups is 1. The average Bonchev–Trinajstić information content (AvgIpc) is 2.48. The Morgan fingerprint density at radius 3 is 3.00 bits per heavy atom. The Balaban J connectivity index is 1.81. The van der Waals surface area contributed by atoms with Crippen LogP contribution in [0.15, 0.2) is 18.2 Å². The molecule has 19 heavy (non-hydrogen) atoms. The molecule has 3 nitrogen and oxygen atoms in total. The predicted octanol–water partition coefficient (Wildman–Crippen LogP) is 1.82. The monoisotopic (exact) mass is 257 g/mol. The van der Waals surface area contributed by atoms with E-state index >= 15 is 0 Å². The van der Waals surface area contributed by atoms with Gasteiger partial charge in [-0.2, -0.15) is 0 Å². The second-order valence-electron chi connectivity index (χ2n) is 5.31. The van der Waals surface area contributed by atoms with Gasteiger partial charge in [-0.15, -0.1) is 0 Å². The third-order valence-corrected chi connectivity index (χ3v) is 4.02. The zero-order valence-electron chi connectivity index (χ0n) is 11.2. The van der Waals surface area contributed by atoms with E-state index in [4.69, 9.17) is 9.47 Å². The van der Waals surface area contributed by atoms with E-state index in [1.807, 2.05) is 32.3 Å². The molecule has 0 N–H and O–H groups in total. The van der Waals surface area contributed by atoms with E-state index in [0.29, 0.717) is 18.9 Å². The minimum atomic E-state index is -0.0169. The lowest BCUT2D eigenvalue weighted by Crippen LogP contribution is -2.38. The fourth-order valence-electron chi connectivity index (χ4n) is 2.87. The van der Waals surface area contributed by atoms with Gasteiger partial charge in [0.1, 0.15) is 19.1 Å². The third-order valence-electron chi connectivity index (χ3n) is 4.02. The number of carbonyl (C=O) groups excluding carboxylic acids is 1. The molecule has 2 aliphatic heterocycles. The zero-order chi connectivity index (χ0) is 13.2. The number of ether oxygens (including phenoxy) is 2. The van der Waals surface area contributed by atoms with Crippen LogP contribution in [0.3, 0.4) is 0 Å². The number of hydrogen-bond donors (Lipinski definition) is 0. The quantitative estimate of drug-likeness (QED) is 0.758. The van der Waals surface area contributed by atoms with E-state index < -0.39 is 0 Å². The van der Waals surface area contributed by atoms with Crippen molar-refractivity contribution in [2.24, 2.45) is 5.92 Å². The van der Waals surface area contributed by atoms with Gasteiger partial charge in [0.05, 0.1) is 12.2 Å². The molecule has 2 atom stereocenters. The van der Waals surface area contributed by atoms with E-state index in [9.17, 15) is 4.79 Å². The van der Waals surface area contributed by atoms with Crippen molar-refractivity contribution in [3.63, 3.8) is 0 Å². The topological polar surface area (TPSA) is 35.5 Å². The van der Waals surface area contributed by atoms with E-state index in [-0.39, 0.29) is 11.9 Å². The van der Waals surface area contributed by atoms with Crippen molar-refractivity contribution in [2.75, 3.05) is 13.2 Å². The molecule has 2 heterocycles. The van der Waals surface area contributed by atoms with Crippen LogP contribution in [0, 0.1) is 5.92 Å². The summed E-state index contributed by atoms with van der Waals surface area (Å²) >= 11 is 0. The summed E-state index contributed by atoms with van der Waals surface area (Å²) < 4.78 is 11.5. The summed E-state index contributed by atoms with van der Waals surface area (Å²) in [5.41, 5.74) is 1.79. The van der Waals surface area contributed by atoms with Gasteiger partial charge in [-0.1, -0.05) is 24.4 Å². The van der Waals surface area contributed by atoms with Crippen molar-refractivity contribution in [2.45, 2.75) is 32.2 Å². The molecule has 99 valence electrons. The zero-order valence-corrected chi connectivity index (χ0v) is 11.2. The number of fused-ring (bicyclic) bond motifs is 1. The van der Waals surface area contributed by atoms with Crippen molar-refractivity contribution in [1.82, 2.24) is 0 Å². The summed E-state index contributed by atoms with van der Waals surface area (Å²) in [6, 6.07) is 5.83. The molecule has 4 heteroatoms. The molecule has 0 saturated carbocycles. The predicted molar refractivity (Wildman–Crippen MR) is 74.6 cm³/mol. The van der Waals surface area contributed by atoms with Gasteiger partial charge in [-0.3, -0.25) is 4.79 Å². The summed E-state index contributed by atoms with van der Waals surface area (Å²) in [6.45, 7) is 3.52. The fraction of sp³-hybridized carbons (Fsp3) is 0.533. The van der Waals surface area contributed by atoms with Gasteiger partial charge < -0.3 is 9.47 Å². The van der Waals surface area contributed by atoms with Crippen LogP contribution in [-0.2, 0) is 4.74 Å². The first kappa shape index (κ1) is 12.7. The largest absolute Gasteiger partial charge is 0.489 e. The first-order chi connectivity index (χ1) is 9.28. The van der Waals surface area contributed by atoms with Crippen LogP contribution in [-0.4, -0.2) is 32.4 Å². The highest BCUT2D eigenvalue weighted by atomic mass is 16.5. The molecule has 1 radical (unpaired) electrons. The van der Waals surface area contributed by atoms with Gasteiger partial charge in [0, 0.05) is 18.9 Å². The molecule has 0 spiro atoms. The Labute approximate surface area is 114 Å². The second-order valence-corrected chi connectivity index (χ2v) is 5.31. The SMILES string of the molecule is C[B]c1ccc2c(c1)C(=O)CC(C1CCCOC1)O2. The maximum absolute atomic E-state index is 12.3.